The van der Waals surface area contributed by atoms with E-state index in [0.29, 0.717) is 222 Å². The second kappa shape index (κ2) is 44.8. The summed E-state index contributed by atoms with van der Waals surface area (Å²) >= 11 is 7.70. The van der Waals surface area contributed by atoms with Gasteiger partial charge in [-0.25, -0.2) is 88.0 Å². The summed E-state index contributed by atoms with van der Waals surface area (Å²) in [5.74, 6) is 0.0309. The van der Waals surface area contributed by atoms with Gasteiger partial charge in [0.25, 0.3) is 0 Å². The minimum Gasteiger partial charge on any atom is -0.420 e. The molecule has 0 saturated carbocycles. The quantitative estimate of drug-likeness (QED) is 0.0653. The molecule has 0 spiro atoms. The van der Waals surface area contributed by atoms with Gasteiger partial charge in [0.1, 0.15) is 84.6 Å². The molecule has 0 bridgehead atoms. The molecule has 3 saturated heterocycles. The number of carbonyl (C=O) groups is 5. The SMILES string of the molecule is CN1C(=O)N(C2CCN(C(=O)Cn3nc(-c4ccc(F)cc4)nc3-c3ccc(F)cc3)CC2)Cc2ccccc21.Cc1nc2c(s1)CN(C(=O)Cn1nc(-c3ccc(F)cc3)nc1-c1ccc(F)cc1)C2.N#Cc1ccc(Cl)cc1NC1CCN(C(=O)Cn2nc(-c3ccc(F)cc3)nc2-c2ccc(F)cc2)CC1.O=C(Cn1nc(-c2ccc(F)cc2)nc1-c1ccc(F)cc1)N1CCC(c2nnc(-c3ccc(F)cc3)o2)CC1. The number of carbonyl (C=O) groups excluding carboxylic acids is 5. The number of hydrogen-bond donors (Lipinski definition) is 1. The van der Waals surface area contributed by atoms with Gasteiger partial charge in [-0.3, -0.25) is 24.1 Å². The third-order valence-electron chi connectivity index (χ3n) is 26.1. The average Bonchev–Trinajstić information content (AvgIpc) is 1.75. The normalized spacial score (nSPS) is 14.2. The molecule has 1 N–H and O–H groups in total. The van der Waals surface area contributed by atoms with Gasteiger partial charge in [0.2, 0.25) is 35.4 Å². The van der Waals surface area contributed by atoms with Crippen molar-refractivity contribution in [2.45, 2.75) is 109 Å². The number of para-hydroxylation sites is 1. The van der Waals surface area contributed by atoms with Crippen LogP contribution in [0.2, 0.25) is 5.02 Å². The number of nitriles is 1. The highest BCUT2D eigenvalue weighted by Crippen LogP contribution is 2.38. The summed E-state index contributed by atoms with van der Waals surface area (Å²) in [6.07, 6.45) is 4.03. The van der Waals surface area contributed by atoms with Crippen molar-refractivity contribution in [1.29, 1.82) is 5.26 Å². The maximum atomic E-state index is 13.6. The second-order valence-corrected chi connectivity index (χ2v) is 37.7. The fourth-order valence-electron chi connectivity index (χ4n) is 18.1. The number of likely N-dealkylation sites (tertiary alicyclic amines) is 3. The van der Waals surface area contributed by atoms with Gasteiger partial charge in [0, 0.05) is 131 Å². The maximum Gasteiger partial charge on any atom is 0.324 e. The van der Waals surface area contributed by atoms with Crippen molar-refractivity contribution in [3.8, 4) is 109 Å². The lowest BCUT2D eigenvalue weighted by Gasteiger charge is -2.43. The molecule has 22 rings (SSSR count). The molecule has 0 unspecified atom stereocenters. The predicted molar refractivity (Wildman–Crippen MR) is 537 cm³/mol. The van der Waals surface area contributed by atoms with Gasteiger partial charge in [-0.2, -0.15) is 5.26 Å². The molecule has 40 heteroatoms. The van der Waals surface area contributed by atoms with Crippen molar-refractivity contribution in [2.75, 3.05) is 56.5 Å². The van der Waals surface area contributed by atoms with Crippen LogP contribution in [-0.4, -0.2) is 187 Å². The molecule has 0 aliphatic carbocycles. The first-order valence-corrected chi connectivity index (χ1v) is 49.0. The van der Waals surface area contributed by atoms with Crippen LogP contribution in [0.5, 0.6) is 0 Å². The van der Waals surface area contributed by atoms with Gasteiger partial charge in [0.05, 0.1) is 40.7 Å². The number of nitrogens with one attached hydrogen (secondary N) is 1. The molecule has 0 radical (unpaired) electrons. The second-order valence-electron chi connectivity index (χ2n) is 36.0. The molecular weight excluding hydrogens is 1970 g/mol. The Morgan fingerprint density at radius 1 is 0.409 bits per heavy atom. The number of thiazole rings is 1. The van der Waals surface area contributed by atoms with Crippen molar-refractivity contribution in [2.24, 2.45) is 0 Å². The van der Waals surface area contributed by atoms with Crippen molar-refractivity contribution in [1.82, 2.24) is 98.7 Å². The van der Waals surface area contributed by atoms with Crippen molar-refractivity contribution >= 4 is 64.0 Å². The molecule has 0 atom stereocenters. The standard InChI is InChI=1S/C30H28F2N6O2.C29H23F3N6O2.C28H23ClF2N6O.C22H17F2N5OS/c1-35-26-5-3-2-4-22(26)18-37(30(35)40)25-14-16-36(17-15-25)27(39)19-38-29(21-8-12-24(32)13-9-21)33-28(34-38)20-6-10-23(31)11-7-20;30-22-7-1-18(2-8-22)26-33-27(19-3-9-23(31)10-4-19)38(36-26)17-25(39)37-15-13-21(14-16-37)29-35-34-28(40-29)20-5-11-24(32)12-6-20;29-21-6-1-20(16-32)25(15-21)33-24-11-13-36(14-12-24)26(38)17-37-28(19-4-9-23(31)10-5-19)34-27(35-37)18-2-7-22(30)8-3-18;1-13-25-18-10-28(11-19(18)31-13)20(30)12-29-22(15-4-8-17(24)9-5-15)26-21(27-29)14-2-6-16(23)7-3-14/h2-13,25H,14-19H2,1H3;1-12,21H,13-17H2;1-10,15,24,33H,11-14,17H2;2-9H,10-12H2,1H3. The van der Waals surface area contributed by atoms with E-state index >= 15 is 0 Å². The largest absolute Gasteiger partial charge is 0.420 e. The zero-order valence-corrected chi connectivity index (χ0v) is 81.5. The third kappa shape index (κ3) is 23.8. The monoisotopic (exact) mass is 2060 g/mol. The Kier molecular flexibility index (Phi) is 30.2. The molecule has 149 heavy (non-hydrogen) atoms. The van der Waals surface area contributed by atoms with E-state index in [4.69, 9.17) is 16.0 Å². The van der Waals surface area contributed by atoms with Crippen LogP contribution in [0.25, 0.3) is 103 Å². The fraction of sp³-hybridized carbons (Fsp3) is 0.220. The minimum atomic E-state index is -0.390. The summed E-state index contributed by atoms with van der Waals surface area (Å²) in [5, 5.41) is 40.7. The highest BCUT2D eigenvalue weighted by molar-refractivity contribution is 7.11. The summed E-state index contributed by atoms with van der Waals surface area (Å²) in [7, 11) is 1.79. The van der Waals surface area contributed by atoms with Crippen molar-refractivity contribution < 1.29 is 67.9 Å². The number of aromatic nitrogens is 15. The first-order valence-electron chi connectivity index (χ1n) is 47.8. The van der Waals surface area contributed by atoms with E-state index in [-0.39, 0.29) is 120 Å². The van der Waals surface area contributed by atoms with E-state index in [2.05, 4.69) is 66.9 Å². The molecular formula is C109H91ClF9N23O6S. The summed E-state index contributed by atoms with van der Waals surface area (Å²) in [5.41, 5.74) is 9.71. The minimum absolute atomic E-state index is 0.00280. The lowest BCUT2D eigenvalue weighted by atomic mass is 9.97. The molecule has 11 aromatic carbocycles. The number of halogens is 10. The summed E-state index contributed by atoms with van der Waals surface area (Å²) in [4.78, 5) is 101. The van der Waals surface area contributed by atoms with Gasteiger partial charge >= 0.3 is 6.03 Å². The average molecular weight is 2060 g/mol. The van der Waals surface area contributed by atoms with Crippen LogP contribution in [0.15, 0.2) is 265 Å². The Labute approximate surface area is 856 Å². The van der Waals surface area contributed by atoms with Crippen LogP contribution >= 0.6 is 22.9 Å². The van der Waals surface area contributed by atoms with Gasteiger partial charge in [0.15, 0.2) is 46.6 Å². The Morgan fingerprint density at radius 2 is 0.752 bits per heavy atom. The van der Waals surface area contributed by atoms with Crippen molar-refractivity contribution in [3.05, 3.63) is 351 Å². The predicted octanol–water partition coefficient (Wildman–Crippen LogP) is 20.2. The Balaban J connectivity index is 0.000000125. The number of aryl methyl sites for hydroxylation is 1. The summed E-state index contributed by atoms with van der Waals surface area (Å²) in [6.45, 7) is 6.41. The number of piperidine rings is 3. The number of anilines is 2. The molecule has 6 amide bonds. The molecule has 6 aromatic heterocycles. The molecule has 29 nitrogen and oxygen atoms in total. The van der Waals surface area contributed by atoms with Gasteiger partial charge in [-0.15, -0.1) is 41.9 Å². The van der Waals surface area contributed by atoms with Crippen molar-refractivity contribution in [3.63, 3.8) is 0 Å². The molecule has 17 aromatic rings. The zero-order valence-electron chi connectivity index (χ0n) is 80.0. The number of rotatable bonds is 21. The summed E-state index contributed by atoms with van der Waals surface area (Å²) in [6, 6.07) is 67.6. The number of urea groups is 1. The lowest BCUT2D eigenvalue weighted by Crippen LogP contribution is -2.54. The van der Waals surface area contributed by atoms with Crippen LogP contribution in [0.1, 0.15) is 77.0 Å². The van der Waals surface area contributed by atoms with Crippen LogP contribution in [0.4, 0.5) is 55.7 Å². The first-order chi connectivity index (χ1) is 72.1. The van der Waals surface area contributed by atoms with E-state index in [1.165, 1.54) is 128 Å². The Hall–Kier alpha value is -17.2. The van der Waals surface area contributed by atoms with Gasteiger partial charge < -0.3 is 34.2 Å². The molecule has 11 heterocycles. The Morgan fingerprint density at radius 3 is 1.12 bits per heavy atom. The molecule has 3 fully saturated rings. The van der Waals surface area contributed by atoms with Crippen LogP contribution in [-0.2, 0) is 65.0 Å². The van der Waals surface area contributed by atoms with Crippen LogP contribution in [0.3, 0.4) is 0 Å². The number of nitrogens with zero attached hydrogens (tertiary/aromatic N) is 22. The maximum absolute atomic E-state index is 13.6. The van der Waals surface area contributed by atoms with Gasteiger partial charge in [-0.05, 0) is 294 Å². The third-order valence-corrected chi connectivity index (χ3v) is 27.3. The highest BCUT2D eigenvalue weighted by atomic mass is 35.5. The fourth-order valence-corrected chi connectivity index (χ4v) is 19.3. The number of fused-ring (bicyclic) bond motifs is 2. The van der Waals surface area contributed by atoms with E-state index in [1.54, 1.807) is 170 Å². The van der Waals surface area contributed by atoms with Crippen LogP contribution in [0, 0.1) is 70.6 Å². The van der Waals surface area contributed by atoms with E-state index < -0.39 is 5.82 Å². The summed E-state index contributed by atoms with van der Waals surface area (Å²) < 4.78 is 133. The topological polar surface area (TPSA) is 315 Å². The number of hydrogen-bond acceptors (Lipinski definition) is 20. The molecule has 754 valence electrons. The molecule has 5 aliphatic heterocycles. The molecule has 5 aliphatic rings. The first kappa shape index (κ1) is 101. The van der Waals surface area contributed by atoms with E-state index in [9.17, 15) is 68.7 Å². The lowest BCUT2D eigenvalue weighted by molar-refractivity contribution is -0.134. The van der Waals surface area contributed by atoms with E-state index in [0.717, 1.165) is 26.8 Å². The zero-order chi connectivity index (χ0) is 104. The highest BCUT2D eigenvalue weighted by Gasteiger charge is 2.38. The smallest absolute Gasteiger partial charge is 0.324 e. The number of amides is 6. The van der Waals surface area contributed by atoms with E-state index in [1.807, 2.05) is 36.1 Å². The Bertz CT molecular complexity index is 7720. The van der Waals surface area contributed by atoms with Crippen LogP contribution < -0.4 is 10.2 Å². The van der Waals surface area contributed by atoms with Gasteiger partial charge in [-0.1, -0.05) is 29.8 Å². The number of benzene rings is 11.